The van der Waals surface area contributed by atoms with Crippen molar-refractivity contribution >= 4 is 48.1 Å². The van der Waals surface area contributed by atoms with Gasteiger partial charge in [0.1, 0.15) is 0 Å². The summed E-state index contributed by atoms with van der Waals surface area (Å²) >= 11 is -0.826. The average molecular weight is 1020 g/mol. The Morgan fingerprint density at radius 2 is 0.774 bits per heavy atom. The third-order valence-corrected chi connectivity index (χ3v) is 10.4. The number of aryl methyl sites for hydroxylation is 2. The van der Waals surface area contributed by atoms with Gasteiger partial charge in [0, 0.05) is 9.52 Å². The Balaban J connectivity index is 0.000000293. The topological polar surface area (TPSA) is 0 Å². The van der Waals surface area contributed by atoms with Crippen molar-refractivity contribution in [2.75, 3.05) is 0 Å². The second kappa shape index (κ2) is 21.7. The predicted octanol–water partition coefficient (Wildman–Crippen LogP) is 18.3. The third-order valence-electron chi connectivity index (χ3n) is 10.4. The van der Waals surface area contributed by atoms with Crippen LogP contribution in [0.2, 0.25) is 13.1 Å². The summed E-state index contributed by atoms with van der Waals surface area (Å²) in [7, 11) is 11.0. The van der Waals surface area contributed by atoms with Gasteiger partial charge in [-0.25, -0.2) is 0 Å². The molecule has 6 aromatic rings. The molecule has 0 heterocycles. The second-order valence-corrected chi connectivity index (χ2v) is 19.6. The Morgan fingerprint density at radius 1 is 0.516 bits per heavy atom. The number of rotatable bonds is 6. The molecule has 0 bridgehead atoms. The first-order chi connectivity index (χ1) is 28.7. The molecular weight excluding hydrogens is 971 g/mol. The number of fused-ring (bicyclic) bond motifs is 2. The molecule has 0 nitrogen and oxygen atoms in total. The van der Waals surface area contributed by atoms with Gasteiger partial charge in [-0.3, -0.25) is 0 Å². The zero-order chi connectivity index (χ0) is 47.1. The first kappa shape index (κ1) is 53.3. The van der Waals surface area contributed by atoms with Crippen LogP contribution in [0.25, 0.3) is 43.8 Å². The van der Waals surface area contributed by atoms with Gasteiger partial charge in [-0.1, -0.05) is 75.9 Å². The maximum atomic E-state index is 13.3. The first-order valence-corrected chi connectivity index (χ1v) is 27.5. The fourth-order valence-corrected chi connectivity index (χ4v) is 6.83. The van der Waals surface area contributed by atoms with Crippen LogP contribution in [0.3, 0.4) is 0 Å². The van der Waals surface area contributed by atoms with Crippen molar-refractivity contribution in [3.8, 4) is 22.3 Å². The molecule has 62 heavy (non-hydrogen) atoms. The summed E-state index contributed by atoms with van der Waals surface area (Å²) in [6.45, 7) is 15.8. The summed E-state index contributed by atoms with van der Waals surface area (Å²) in [6, 6.07) is 18.3. The van der Waals surface area contributed by atoms with E-state index in [0.29, 0.717) is 33.0 Å². The fraction of sp³-hybridized carbons (Fsp3) is 0.348. The molecule has 0 spiro atoms. The summed E-state index contributed by atoms with van der Waals surface area (Å²) in [5, 5.41) is 2.95. The van der Waals surface area contributed by atoms with E-state index in [1.54, 1.807) is 26.0 Å². The summed E-state index contributed by atoms with van der Waals surface area (Å²) in [5.74, 6) is 0.487. The minimum absolute atomic E-state index is 0.0773. The van der Waals surface area contributed by atoms with E-state index in [-0.39, 0.29) is 35.1 Å². The molecule has 0 amide bonds. The number of hydrogen-bond acceptors (Lipinski definition) is 0. The molecular formula is C46H44Cl2F12SiZr. The van der Waals surface area contributed by atoms with E-state index >= 15 is 0 Å². The third kappa shape index (κ3) is 13.5. The molecule has 0 aliphatic rings. The fourth-order valence-electron chi connectivity index (χ4n) is 6.83. The van der Waals surface area contributed by atoms with E-state index in [4.69, 9.17) is 17.0 Å². The molecule has 0 saturated carbocycles. The van der Waals surface area contributed by atoms with Crippen molar-refractivity contribution in [1.82, 2.24) is 0 Å². The SMILES string of the molecule is CCC(C)c1cc2c(-c3cc(C(F)(F)F)cc(C(F)(F)F)c3)c(C)ccc2[cH-]1.CCC(C)c1cc2c(-c3cc(C(F)(F)F)cc(C(F)(F)F)c3)c(C)ccc2[cH-]1.C[Si]C.[Cl][Zr+2][Cl]. The van der Waals surface area contributed by atoms with Crippen LogP contribution in [-0.4, -0.2) is 9.52 Å². The van der Waals surface area contributed by atoms with Crippen LogP contribution in [0.15, 0.2) is 84.9 Å². The van der Waals surface area contributed by atoms with E-state index < -0.39 is 67.8 Å². The van der Waals surface area contributed by atoms with Gasteiger partial charge in [0.05, 0.1) is 22.3 Å². The van der Waals surface area contributed by atoms with Crippen LogP contribution < -0.4 is 0 Å². The summed E-state index contributed by atoms with van der Waals surface area (Å²) in [4.78, 5) is 0. The monoisotopic (exact) mass is 1010 g/mol. The van der Waals surface area contributed by atoms with E-state index in [1.165, 1.54) is 0 Å². The van der Waals surface area contributed by atoms with Crippen LogP contribution >= 0.6 is 17.0 Å². The predicted molar refractivity (Wildman–Crippen MR) is 226 cm³/mol. The van der Waals surface area contributed by atoms with Crippen molar-refractivity contribution in [3.05, 3.63) is 129 Å². The molecule has 0 aliphatic carbocycles. The quantitative estimate of drug-likeness (QED) is 0.0886. The van der Waals surface area contributed by atoms with Crippen LogP contribution in [0.4, 0.5) is 52.7 Å². The number of alkyl halides is 12. The molecule has 6 aromatic carbocycles. The molecule has 2 atom stereocenters. The Kier molecular flexibility index (Phi) is 18.7. The van der Waals surface area contributed by atoms with Crippen molar-refractivity contribution < 1.29 is 73.5 Å². The summed E-state index contributed by atoms with van der Waals surface area (Å²) in [5.41, 5.74) is -1.26. The van der Waals surface area contributed by atoms with Crippen molar-refractivity contribution in [1.29, 1.82) is 0 Å². The van der Waals surface area contributed by atoms with Gasteiger partial charge >= 0.3 is 62.6 Å². The average Bonchev–Trinajstić information content (AvgIpc) is 3.81. The molecule has 16 heteroatoms. The Hall–Kier alpha value is -3.06. The summed E-state index contributed by atoms with van der Waals surface area (Å²) in [6.07, 6.45) is -17.7. The maximum absolute atomic E-state index is 13.3. The molecule has 0 aliphatic heterocycles. The van der Waals surface area contributed by atoms with Gasteiger partial charge < -0.3 is 0 Å². The Bertz CT molecular complexity index is 2170. The zero-order valence-electron chi connectivity index (χ0n) is 34.9. The normalized spacial score (nSPS) is 13.0. The second-order valence-electron chi connectivity index (χ2n) is 14.9. The van der Waals surface area contributed by atoms with E-state index in [1.807, 2.05) is 64.1 Å². The van der Waals surface area contributed by atoms with Crippen LogP contribution in [-0.2, 0) is 45.6 Å². The van der Waals surface area contributed by atoms with Crippen molar-refractivity contribution in [2.45, 2.75) is 104 Å². The van der Waals surface area contributed by atoms with Gasteiger partial charge in [0.25, 0.3) is 0 Å². The zero-order valence-corrected chi connectivity index (χ0v) is 39.9. The molecule has 334 valence electrons. The molecule has 0 saturated heterocycles. The number of hydrogen-bond donors (Lipinski definition) is 0. The molecule has 0 N–H and O–H groups in total. The molecule has 2 radical (unpaired) electrons. The minimum atomic E-state index is -4.87. The van der Waals surface area contributed by atoms with E-state index in [0.717, 1.165) is 68.5 Å². The van der Waals surface area contributed by atoms with E-state index in [2.05, 4.69) is 13.1 Å². The van der Waals surface area contributed by atoms with Crippen LogP contribution in [0, 0.1) is 13.8 Å². The van der Waals surface area contributed by atoms with Crippen LogP contribution in [0.1, 0.15) is 96.9 Å². The van der Waals surface area contributed by atoms with Crippen molar-refractivity contribution in [3.63, 3.8) is 0 Å². The van der Waals surface area contributed by atoms with Gasteiger partial charge in [0.15, 0.2) is 0 Å². The van der Waals surface area contributed by atoms with Gasteiger partial charge in [0.2, 0.25) is 0 Å². The molecule has 0 fully saturated rings. The Labute approximate surface area is 375 Å². The van der Waals surface area contributed by atoms with Crippen molar-refractivity contribution in [2.24, 2.45) is 0 Å². The molecule has 0 aromatic heterocycles. The van der Waals surface area contributed by atoms with Crippen LogP contribution in [0.5, 0.6) is 0 Å². The Morgan fingerprint density at radius 3 is 1.00 bits per heavy atom. The van der Waals surface area contributed by atoms with Gasteiger partial charge in [-0.05, 0) is 73.2 Å². The first-order valence-electron chi connectivity index (χ1n) is 19.2. The molecule has 6 rings (SSSR count). The van der Waals surface area contributed by atoms with E-state index in [9.17, 15) is 52.7 Å². The molecule has 2 unspecified atom stereocenters. The summed E-state index contributed by atoms with van der Waals surface area (Å²) < 4.78 is 159. The standard InChI is InChI=1S/2C22H19F6.C2H6Si.2ClH.Zr/c2*1-4-12(2)15-7-14-6-5-13(3)20(19(14)10-15)16-8-17(21(23,24)25)11-18(9-16)22(26,27)28;1-3-2;;;/h2*5-12H,4H2,1-3H3;1-2H3;2*1H;/q2*-1;;;;+4/p-2. The number of benzene rings is 4. The number of halogens is 14. The van der Waals surface area contributed by atoms with Gasteiger partial charge in [-0.15, -0.1) is 69.1 Å². The van der Waals surface area contributed by atoms with Gasteiger partial charge in [-0.2, -0.15) is 64.8 Å².